The van der Waals surface area contributed by atoms with Crippen molar-refractivity contribution in [2.75, 3.05) is 6.54 Å². The van der Waals surface area contributed by atoms with E-state index in [1.165, 1.54) is 0 Å². The van der Waals surface area contributed by atoms with E-state index in [9.17, 15) is 4.79 Å². The van der Waals surface area contributed by atoms with Crippen molar-refractivity contribution in [3.05, 3.63) is 47.2 Å². The Balaban J connectivity index is 1.70. The lowest BCUT2D eigenvalue weighted by atomic mass is 10.0. The molecule has 0 unspecified atom stereocenters. The molecule has 0 aliphatic carbocycles. The average molecular weight is 272 g/mol. The number of hydrogen-bond donors (Lipinski definition) is 1. The number of carbonyl (C=O) groups is 1. The first-order valence-corrected chi connectivity index (χ1v) is 6.74. The number of amides is 1. The van der Waals surface area contributed by atoms with Crippen LogP contribution in [0.5, 0.6) is 5.75 Å². The van der Waals surface area contributed by atoms with Crippen molar-refractivity contribution in [1.82, 2.24) is 10.3 Å². The van der Waals surface area contributed by atoms with E-state index in [1.54, 1.807) is 18.3 Å². The molecule has 1 aromatic heterocycles. The Morgan fingerprint density at radius 1 is 1.45 bits per heavy atom. The summed E-state index contributed by atoms with van der Waals surface area (Å²) in [5, 5.41) is 2.82. The molecule has 1 aromatic carbocycles. The molecule has 0 saturated carbocycles. The Kier molecular flexibility index (Phi) is 3.41. The molecule has 0 bridgehead atoms. The normalized spacial score (nSPS) is 13.8. The second-order valence-electron chi connectivity index (χ2n) is 4.69. The number of aryl methyl sites for hydroxylation is 1. The van der Waals surface area contributed by atoms with Gasteiger partial charge in [-0.2, -0.15) is 0 Å². The predicted molar refractivity (Wildman–Crippen MR) is 72.7 cm³/mol. The van der Waals surface area contributed by atoms with Crippen LogP contribution in [-0.2, 0) is 19.4 Å². The molecule has 0 atom stereocenters. The number of oxazole rings is 1. The maximum atomic E-state index is 11.6. The van der Waals surface area contributed by atoms with Gasteiger partial charge in [0.15, 0.2) is 6.61 Å². The highest BCUT2D eigenvalue weighted by atomic mass is 16.5. The quantitative estimate of drug-likeness (QED) is 0.925. The Bertz CT molecular complexity index is 634. The highest BCUT2D eigenvalue weighted by Crippen LogP contribution is 2.21. The Hall–Kier alpha value is -2.30. The molecule has 104 valence electrons. The number of rotatable bonds is 4. The van der Waals surface area contributed by atoms with Gasteiger partial charge >= 0.3 is 0 Å². The van der Waals surface area contributed by atoms with Crippen LogP contribution in [-0.4, -0.2) is 17.4 Å². The summed E-state index contributed by atoms with van der Waals surface area (Å²) in [7, 11) is 0. The minimum atomic E-state index is -0.0157. The van der Waals surface area contributed by atoms with E-state index in [1.807, 2.05) is 13.0 Å². The van der Waals surface area contributed by atoms with Crippen LogP contribution in [0.25, 0.3) is 0 Å². The summed E-state index contributed by atoms with van der Waals surface area (Å²) in [6.07, 6.45) is 3.37. The van der Waals surface area contributed by atoms with Crippen molar-refractivity contribution in [3.63, 3.8) is 0 Å². The van der Waals surface area contributed by atoms with Crippen LogP contribution < -0.4 is 10.1 Å². The summed E-state index contributed by atoms with van der Waals surface area (Å²) in [4.78, 5) is 15.8. The van der Waals surface area contributed by atoms with Gasteiger partial charge in [0.05, 0.1) is 6.20 Å². The second-order valence-corrected chi connectivity index (χ2v) is 4.69. The van der Waals surface area contributed by atoms with Crippen molar-refractivity contribution >= 4 is 5.91 Å². The monoisotopic (exact) mass is 272 g/mol. The van der Waals surface area contributed by atoms with Crippen molar-refractivity contribution in [1.29, 1.82) is 0 Å². The summed E-state index contributed by atoms with van der Waals surface area (Å²) < 4.78 is 11.1. The highest BCUT2D eigenvalue weighted by Gasteiger charge is 2.16. The van der Waals surface area contributed by atoms with Crippen molar-refractivity contribution in [3.8, 4) is 5.75 Å². The van der Waals surface area contributed by atoms with E-state index >= 15 is 0 Å². The van der Waals surface area contributed by atoms with E-state index in [0.29, 0.717) is 19.0 Å². The summed E-state index contributed by atoms with van der Waals surface area (Å²) in [6, 6.07) is 5.51. The van der Waals surface area contributed by atoms with E-state index in [4.69, 9.17) is 9.15 Å². The molecular weight excluding hydrogens is 256 g/mol. The lowest BCUT2D eigenvalue weighted by Gasteiger charge is -2.17. The molecule has 1 amide bonds. The minimum Gasteiger partial charge on any atom is -0.484 e. The fraction of sp³-hybridized carbons (Fsp3) is 0.333. The van der Waals surface area contributed by atoms with E-state index in [2.05, 4.69) is 10.3 Å². The Morgan fingerprint density at radius 2 is 2.35 bits per heavy atom. The molecule has 0 radical (unpaired) electrons. The topological polar surface area (TPSA) is 64.4 Å². The maximum absolute atomic E-state index is 11.6. The summed E-state index contributed by atoms with van der Waals surface area (Å²) in [5.74, 6) is 2.14. The minimum absolute atomic E-state index is 0.0157. The van der Waals surface area contributed by atoms with Gasteiger partial charge in [-0.1, -0.05) is 6.92 Å². The van der Waals surface area contributed by atoms with Crippen LogP contribution in [0.4, 0.5) is 0 Å². The van der Waals surface area contributed by atoms with Crippen LogP contribution in [0.3, 0.4) is 0 Å². The smallest absolute Gasteiger partial charge is 0.251 e. The zero-order valence-corrected chi connectivity index (χ0v) is 11.3. The van der Waals surface area contributed by atoms with Gasteiger partial charge in [-0.3, -0.25) is 4.79 Å². The third kappa shape index (κ3) is 2.52. The lowest BCUT2D eigenvalue weighted by molar-refractivity contribution is 0.0946. The Labute approximate surface area is 117 Å². The highest BCUT2D eigenvalue weighted by molar-refractivity contribution is 5.96. The first-order chi connectivity index (χ1) is 9.76. The van der Waals surface area contributed by atoms with Crippen molar-refractivity contribution < 1.29 is 13.9 Å². The zero-order valence-electron chi connectivity index (χ0n) is 11.3. The second kappa shape index (κ2) is 5.36. The molecule has 0 fully saturated rings. The molecule has 0 spiro atoms. The summed E-state index contributed by atoms with van der Waals surface area (Å²) in [6.45, 7) is 2.99. The van der Waals surface area contributed by atoms with Gasteiger partial charge in [-0.05, 0) is 30.2 Å². The van der Waals surface area contributed by atoms with Crippen LogP contribution >= 0.6 is 0 Å². The molecule has 2 aromatic rings. The van der Waals surface area contributed by atoms with Gasteiger partial charge in [0.1, 0.15) is 11.5 Å². The molecule has 20 heavy (non-hydrogen) atoms. The molecular formula is C15H16N2O3. The van der Waals surface area contributed by atoms with Gasteiger partial charge in [-0.15, -0.1) is 0 Å². The number of carbonyl (C=O) groups excluding carboxylic acids is 1. The lowest BCUT2D eigenvalue weighted by Crippen LogP contribution is -2.31. The van der Waals surface area contributed by atoms with Crippen LogP contribution in [0, 0.1) is 0 Å². The van der Waals surface area contributed by atoms with Crippen molar-refractivity contribution in [2.24, 2.45) is 0 Å². The number of aromatic nitrogens is 1. The number of benzene rings is 1. The number of hydrogen-bond acceptors (Lipinski definition) is 4. The molecule has 3 rings (SSSR count). The SMILES string of the molecule is CCc1cnc(COc2ccc3c(c2)CCNC3=O)o1. The first kappa shape index (κ1) is 12.7. The van der Waals surface area contributed by atoms with Crippen LogP contribution in [0.2, 0.25) is 0 Å². The third-order valence-corrected chi connectivity index (χ3v) is 3.31. The van der Waals surface area contributed by atoms with Crippen molar-refractivity contribution in [2.45, 2.75) is 26.4 Å². The summed E-state index contributed by atoms with van der Waals surface area (Å²) >= 11 is 0. The average Bonchev–Trinajstić information content (AvgIpc) is 2.93. The molecule has 5 heteroatoms. The Morgan fingerprint density at radius 3 is 3.15 bits per heavy atom. The molecule has 1 aliphatic heterocycles. The molecule has 0 saturated heterocycles. The number of nitrogens with zero attached hydrogens (tertiary/aromatic N) is 1. The molecule has 1 N–H and O–H groups in total. The molecule has 2 heterocycles. The van der Waals surface area contributed by atoms with Gasteiger partial charge in [0.2, 0.25) is 5.89 Å². The summed E-state index contributed by atoms with van der Waals surface area (Å²) in [5.41, 5.74) is 1.75. The number of nitrogens with one attached hydrogen (secondary N) is 1. The van der Waals surface area contributed by atoms with Gasteiger partial charge in [0.25, 0.3) is 5.91 Å². The van der Waals surface area contributed by atoms with E-state index < -0.39 is 0 Å². The number of ether oxygens (including phenoxy) is 1. The maximum Gasteiger partial charge on any atom is 0.251 e. The zero-order chi connectivity index (χ0) is 13.9. The van der Waals surface area contributed by atoms with Gasteiger partial charge < -0.3 is 14.5 Å². The largest absolute Gasteiger partial charge is 0.484 e. The van der Waals surface area contributed by atoms with E-state index in [0.717, 1.165) is 35.5 Å². The van der Waals surface area contributed by atoms with Crippen LogP contribution in [0.15, 0.2) is 28.8 Å². The standard InChI is InChI=1S/C15H16N2O3/c1-2-11-8-17-14(20-11)9-19-12-3-4-13-10(7-12)5-6-16-15(13)18/h3-4,7-8H,2,5-6,9H2,1H3,(H,16,18). The first-order valence-electron chi connectivity index (χ1n) is 6.74. The fourth-order valence-electron chi connectivity index (χ4n) is 2.22. The van der Waals surface area contributed by atoms with E-state index in [-0.39, 0.29) is 5.91 Å². The van der Waals surface area contributed by atoms with Crippen LogP contribution in [0.1, 0.15) is 34.5 Å². The van der Waals surface area contributed by atoms with Gasteiger partial charge in [-0.25, -0.2) is 4.98 Å². The van der Waals surface area contributed by atoms with Gasteiger partial charge in [0, 0.05) is 18.5 Å². The fourth-order valence-corrected chi connectivity index (χ4v) is 2.22. The third-order valence-electron chi connectivity index (χ3n) is 3.31. The predicted octanol–water partition coefficient (Wildman–Crippen LogP) is 2.10. The molecule has 5 nitrogen and oxygen atoms in total. The molecule has 1 aliphatic rings. The number of fused-ring (bicyclic) bond motifs is 1.